The summed E-state index contributed by atoms with van der Waals surface area (Å²) in [6, 6.07) is 6.20. The number of nitrogens with zero attached hydrogens (tertiary/aromatic N) is 1. The van der Waals surface area contributed by atoms with Crippen molar-refractivity contribution in [3.05, 3.63) is 30.1 Å². The largest absolute Gasteiger partial charge is 0.316 e. The first kappa shape index (κ1) is 9.66. The molecular weight excluding hydrogens is 172 g/mol. The molecule has 0 aromatic carbocycles. The van der Waals surface area contributed by atoms with E-state index in [9.17, 15) is 0 Å². The second-order valence-electron chi connectivity index (χ2n) is 4.15. The lowest BCUT2D eigenvalue weighted by molar-refractivity contribution is 0.331. The summed E-state index contributed by atoms with van der Waals surface area (Å²) in [4.78, 5) is 4.43. The molecule has 0 spiro atoms. The summed E-state index contributed by atoms with van der Waals surface area (Å²) in [6.07, 6.45) is 4.54. The minimum atomic E-state index is 0.587. The number of piperidine rings is 1. The van der Waals surface area contributed by atoms with E-state index < -0.39 is 0 Å². The number of rotatable bonds is 2. The van der Waals surface area contributed by atoms with Gasteiger partial charge in [-0.2, -0.15) is 0 Å². The summed E-state index contributed by atoms with van der Waals surface area (Å²) in [5, 5.41) is 3.46. The van der Waals surface area contributed by atoms with Gasteiger partial charge >= 0.3 is 0 Å². The maximum atomic E-state index is 4.43. The van der Waals surface area contributed by atoms with Crippen LogP contribution in [0.2, 0.25) is 0 Å². The highest BCUT2D eigenvalue weighted by Gasteiger charge is 2.21. The van der Waals surface area contributed by atoms with Gasteiger partial charge in [0.25, 0.3) is 0 Å². The SMILES string of the molecule is CC(c1ccccn1)C1CCCNC1. The molecule has 1 aromatic rings. The van der Waals surface area contributed by atoms with Gasteiger partial charge in [0.05, 0.1) is 0 Å². The quantitative estimate of drug-likeness (QED) is 0.773. The molecule has 76 valence electrons. The van der Waals surface area contributed by atoms with Gasteiger partial charge in [0, 0.05) is 17.8 Å². The second kappa shape index (κ2) is 4.56. The van der Waals surface area contributed by atoms with E-state index in [-0.39, 0.29) is 0 Å². The van der Waals surface area contributed by atoms with Crippen LogP contribution in [-0.4, -0.2) is 18.1 Å². The van der Waals surface area contributed by atoms with Crippen LogP contribution in [0.25, 0.3) is 0 Å². The highest BCUT2D eigenvalue weighted by atomic mass is 14.9. The van der Waals surface area contributed by atoms with Gasteiger partial charge in [-0.3, -0.25) is 4.98 Å². The minimum Gasteiger partial charge on any atom is -0.316 e. The molecule has 0 aliphatic carbocycles. The van der Waals surface area contributed by atoms with E-state index in [0.717, 1.165) is 12.5 Å². The summed E-state index contributed by atoms with van der Waals surface area (Å²) in [5.41, 5.74) is 1.24. The Labute approximate surface area is 85.7 Å². The first-order valence-electron chi connectivity index (χ1n) is 5.49. The van der Waals surface area contributed by atoms with E-state index in [1.807, 2.05) is 12.3 Å². The van der Waals surface area contributed by atoms with Crippen LogP contribution in [0.4, 0.5) is 0 Å². The standard InChI is InChI=1S/C12H18N2/c1-10(11-5-4-7-13-9-11)12-6-2-3-8-14-12/h2-3,6,8,10-11,13H,4-5,7,9H2,1H3. The normalized spacial score (nSPS) is 24.5. The van der Waals surface area contributed by atoms with Gasteiger partial charge in [0.1, 0.15) is 0 Å². The molecule has 0 amide bonds. The topological polar surface area (TPSA) is 24.9 Å². The van der Waals surface area contributed by atoms with Gasteiger partial charge < -0.3 is 5.32 Å². The third-order valence-electron chi connectivity index (χ3n) is 3.20. The van der Waals surface area contributed by atoms with Crippen LogP contribution in [0.1, 0.15) is 31.4 Å². The molecule has 2 nitrogen and oxygen atoms in total. The molecule has 1 aliphatic heterocycles. The average molecular weight is 190 g/mol. The predicted octanol–water partition coefficient (Wildman–Crippen LogP) is 2.18. The molecule has 0 bridgehead atoms. The van der Waals surface area contributed by atoms with E-state index in [2.05, 4.69) is 29.4 Å². The second-order valence-corrected chi connectivity index (χ2v) is 4.15. The fourth-order valence-corrected chi connectivity index (χ4v) is 2.19. The van der Waals surface area contributed by atoms with Crippen molar-refractivity contribution in [2.45, 2.75) is 25.7 Å². The molecule has 1 fully saturated rings. The monoisotopic (exact) mass is 190 g/mol. The Morgan fingerprint density at radius 2 is 2.43 bits per heavy atom. The van der Waals surface area contributed by atoms with Crippen molar-refractivity contribution in [3.63, 3.8) is 0 Å². The smallest absolute Gasteiger partial charge is 0.0434 e. The fourth-order valence-electron chi connectivity index (χ4n) is 2.19. The molecule has 2 rings (SSSR count). The van der Waals surface area contributed by atoms with Crippen LogP contribution in [0.5, 0.6) is 0 Å². The van der Waals surface area contributed by atoms with Gasteiger partial charge in [-0.25, -0.2) is 0 Å². The van der Waals surface area contributed by atoms with E-state index >= 15 is 0 Å². The highest BCUT2D eigenvalue weighted by Crippen LogP contribution is 2.27. The van der Waals surface area contributed by atoms with Gasteiger partial charge in [0.15, 0.2) is 0 Å². The fraction of sp³-hybridized carbons (Fsp3) is 0.583. The molecule has 1 aliphatic rings. The molecular formula is C12H18N2. The Balaban J connectivity index is 2.03. The zero-order valence-electron chi connectivity index (χ0n) is 8.74. The first-order chi connectivity index (χ1) is 6.88. The molecule has 1 saturated heterocycles. The van der Waals surface area contributed by atoms with Gasteiger partial charge in [0.2, 0.25) is 0 Å². The first-order valence-corrected chi connectivity index (χ1v) is 5.49. The molecule has 1 N–H and O–H groups in total. The number of nitrogens with one attached hydrogen (secondary N) is 1. The molecule has 0 radical (unpaired) electrons. The van der Waals surface area contributed by atoms with Crippen molar-refractivity contribution in [3.8, 4) is 0 Å². The van der Waals surface area contributed by atoms with Crippen molar-refractivity contribution >= 4 is 0 Å². The summed E-state index contributed by atoms with van der Waals surface area (Å²) >= 11 is 0. The molecule has 2 heterocycles. The third-order valence-corrected chi connectivity index (χ3v) is 3.20. The summed E-state index contributed by atoms with van der Waals surface area (Å²) in [5.74, 6) is 1.35. The van der Waals surface area contributed by atoms with E-state index in [1.54, 1.807) is 0 Å². The zero-order valence-corrected chi connectivity index (χ0v) is 8.74. The zero-order chi connectivity index (χ0) is 9.80. The van der Waals surface area contributed by atoms with Gasteiger partial charge in [-0.15, -0.1) is 0 Å². The molecule has 0 saturated carbocycles. The molecule has 1 aromatic heterocycles. The third kappa shape index (κ3) is 2.13. The Morgan fingerprint density at radius 1 is 1.50 bits per heavy atom. The van der Waals surface area contributed by atoms with Crippen LogP contribution >= 0.6 is 0 Å². The van der Waals surface area contributed by atoms with Crippen molar-refractivity contribution in [2.75, 3.05) is 13.1 Å². The van der Waals surface area contributed by atoms with Gasteiger partial charge in [-0.05, 0) is 44.0 Å². The lowest BCUT2D eigenvalue weighted by Crippen LogP contribution is -2.32. The Bertz CT molecular complexity index is 265. The molecule has 2 atom stereocenters. The molecule has 2 unspecified atom stereocenters. The van der Waals surface area contributed by atoms with E-state index in [1.165, 1.54) is 25.1 Å². The van der Waals surface area contributed by atoms with Crippen LogP contribution in [0.15, 0.2) is 24.4 Å². The summed E-state index contributed by atoms with van der Waals surface area (Å²) in [6.45, 7) is 4.63. The van der Waals surface area contributed by atoms with E-state index in [0.29, 0.717) is 5.92 Å². The molecule has 14 heavy (non-hydrogen) atoms. The van der Waals surface area contributed by atoms with Gasteiger partial charge in [-0.1, -0.05) is 13.0 Å². The van der Waals surface area contributed by atoms with Crippen LogP contribution < -0.4 is 5.32 Å². The van der Waals surface area contributed by atoms with Crippen LogP contribution in [-0.2, 0) is 0 Å². The highest BCUT2D eigenvalue weighted by molar-refractivity contribution is 5.10. The average Bonchev–Trinajstić information content (AvgIpc) is 2.30. The number of hydrogen-bond donors (Lipinski definition) is 1. The number of pyridine rings is 1. The Morgan fingerprint density at radius 3 is 3.07 bits per heavy atom. The Hall–Kier alpha value is -0.890. The number of hydrogen-bond acceptors (Lipinski definition) is 2. The maximum absolute atomic E-state index is 4.43. The van der Waals surface area contributed by atoms with Crippen molar-refractivity contribution < 1.29 is 0 Å². The lowest BCUT2D eigenvalue weighted by atomic mass is 9.85. The predicted molar refractivity (Wildman–Crippen MR) is 58.2 cm³/mol. The van der Waals surface area contributed by atoms with Crippen molar-refractivity contribution in [1.29, 1.82) is 0 Å². The van der Waals surface area contributed by atoms with Crippen molar-refractivity contribution in [1.82, 2.24) is 10.3 Å². The van der Waals surface area contributed by atoms with Crippen LogP contribution in [0, 0.1) is 5.92 Å². The molecule has 2 heteroatoms. The maximum Gasteiger partial charge on any atom is 0.0434 e. The number of aromatic nitrogens is 1. The van der Waals surface area contributed by atoms with Crippen molar-refractivity contribution in [2.24, 2.45) is 5.92 Å². The lowest BCUT2D eigenvalue weighted by Gasteiger charge is -2.27. The van der Waals surface area contributed by atoms with Crippen LogP contribution in [0.3, 0.4) is 0 Å². The van der Waals surface area contributed by atoms with E-state index in [4.69, 9.17) is 0 Å². The summed E-state index contributed by atoms with van der Waals surface area (Å²) < 4.78 is 0. The summed E-state index contributed by atoms with van der Waals surface area (Å²) in [7, 11) is 0. The Kier molecular flexibility index (Phi) is 3.14. The minimum absolute atomic E-state index is 0.587.